The maximum atomic E-state index is 12.5. The fraction of sp³-hybridized carbons (Fsp3) is 0.105. The van der Waals surface area contributed by atoms with Crippen molar-refractivity contribution in [2.24, 2.45) is 5.10 Å². The Morgan fingerprint density at radius 3 is 2.42 bits per heavy atom. The lowest BCUT2D eigenvalue weighted by Crippen LogP contribution is -2.34. The second-order valence-corrected chi connectivity index (χ2v) is 5.76. The lowest BCUT2D eigenvalue weighted by molar-refractivity contribution is -0.116. The Morgan fingerprint density at radius 2 is 1.81 bits per heavy atom. The quantitative estimate of drug-likeness (QED) is 0.832. The van der Waals surface area contributed by atoms with Crippen molar-refractivity contribution in [3.63, 3.8) is 0 Å². The number of nitrogens with one attached hydrogen (secondary N) is 2. The molecule has 1 heterocycles. The average molecular weight is 349 g/mol. The third kappa shape index (κ3) is 3.41. The van der Waals surface area contributed by atoms with Gasteiger partial charge in [0.2, 0.25) is 5.91 Å². The molecule has 0 aliphatic carbocycles. The molecule has 26 heavy (non-hydrogen) atoms. The molecule has 0 atom stereocenters. The van der Waals surface area contributed by atoms with E-state index in [-0.39, 0.29) is 17.5 Å². The van der Waals surface area contributed by atoms with Gasteiger partial charge in [0.15, 0.2) is 5.71 Å². The van der Waals surface area contributed by atoms with Crippen LogP contribution in [-0.2, 0) is 9.59 Å². The van der Waals surface area contributed by atoms with Gasteiger partial charge < -0.3 is 4.90 Å². The van der Waals surface area contributed by atoms with E-state index in [1.54, 1.807) is 36.2 Å². The Balaban J connectivity index is 1.73. The molecule has 2 aromatic rings. The molecule has 2 N–H and O–H groups in total. The normalized spacial score (nSPS) is 15.2. The second kappa shape index (κ2) is 7.10. The number of benzene rings is 2. The van der Waals surface area contributed by atoms with E-state index in [1.165, 1.54) is 11.9 Å². The fourth-order valence-corrected chi connectivity index (χ4v) is 2.41. The van der Waals surface area contributed by atoms with Gasteiger partial charge in [-0.25, -0.2) is 5.01 Å². The maximum Gasteiger partial charge on any atom is 0.299 e. The summed E-state index contributed by atoms with van der Waals surface area (Å²) in [5.41, 5.74) is 8.56. The summed E-state index contributed by atoms with van der Waals surface area (Å²) in [6.07, 6.45) is 0. The van der Waals surface area contributed by atoms with Crippen LogP contribution >= 0.6 is 0 Å². The Hall–Kier alpha value is -3.61. The van der Waals surface area contributed by atoms with Crippen LogP contribution in [0.1, 0.15) is 6.92 Å². The van der Waals surface area contributed by atoms with E-state index in [1.807, 2.05) is 30.3 Å². The van der Waals surface area contributed by atoms with E-state index in [9.17, 15) is 9.59 Å². The van der Waals surface area contributed by atoms with Crippen LogP contribution < -0.4 is 20.8 Å². The van der Waals surface area contributed by atoms with E-state index >= 15 is 0 Å². The third-order valence-electron chi connectivity index (χ3n) is 3.98. The molecule has 1 saturated heterocycles. The molecule has 0 bridgehead atoms. The van der Waals surface area contributed by atoms with E-state index < -0.39 is 0 Å². The van der Waals surface area contributed by atoms with Gasteiger partial charge in [0.25, 0.3) is 5.91 Å². The number of nitrogens with zero attached hydrogens (tertiary/aromatic N) is 3. The Labute approximate surface area is 151 Å². The summed E-state index contributed by atoms with van der Waals surface area (Å²) >= 11 is 0. The van der Waals surface area contributed by atoms with E-state index in [4.69, 9.17) is 0 Å². The van der Waals surface area contributed by atoms with Gasteiger partial charge >= 0.3 is 0 Å². The minimum atomic E-state index is -0.290. The molecule has 7 heteroatoms. The van der Waals surface area contributed by atoms with Crippen molar-refractivity contribution in [2.75, 3.05) is 22.4 Å². The first kappa shape index (κ1) is 17.2. The van der Waals surface area contributed by atoms with Crippen LogP contribution in [0.5, 0.6) is 0 Å². The zero-order chi connectivity index (χ0) is 18.7. The molecule has 2 amide bonds. The monoisotopic (exact) mass is 349 g/mol. The van der Waals surface area contributed by atoms with Crippen LogP contribution in [0.15, 0.2) is 72.0 Å². The van der Waals surface area contributed by atoms with Gasteiger partial charge in [-0.05, 0) is 36.4 Å². The number of hydrogen-bond donors (Lipinski definition) is 2. The highest BCUT2D eigenvalue weighted by atomic mass is 16.2. The number of carbonyl (C=O) groups is 2. The topological polar surface area (TPSA) is 77.0 Å². The standard InChI is InChI=1S/C19H19N5O2/c1-13-18(19(26)24(22-13)17-7-5-4-6-8-17)21-20-15-9-11-16(12-10-15)23(3)14(2)25/h4-12,20,22H,1H2,2-3H3. The number of anilines is 3. The molecule has 0 radical (unpaired) electrons. The molecule has 0 saturated carbocycles. The summed E-state index contributed by atoms with van der Waals surface area (Å²) in [4.78, 5) is 25.5. The summed E-state index contributed by atoms with van der Waals surface area (Å²) in [7, 11) is 1.70. The molecule has 0 unspecified atom stereocenters. The molecule has 132 valence electrons. The van der Waals surface area contributed by atoms with Crippen molar-refractivity contribution >= 4 is 34.6 Å². The van der Waals surface area contributed by atoms with Gasteiger partial charge in [-0.2, -0.15) is 5.10 Å². The predicted molar refractivity (Wildman–Crippen MR) is 103 cm³/mol. The maximum absolute atomic E-state index is 12.5. The molecular weight excluding hydrogens is 330 g/mol. The number of hydrazine groups is 1. The van der Waals surface area contributed by atoms with Crippen molar-refractivity contribution < 1.29 is 9.59 Å². The number of para-hydroxylation sites is 1. The van der Waals surface area contributed by atoms with Gasteiger partial charge in [0, 0.05) is 19.7 Å². The molecule has 1 aliphatic heterocycles. The van der Waals surface area contributed by atoms with Crippen molar-refractivity contribution in [1.29, 1.82) is 0 Å². The minimum Gasteiger partial charge on any atom is -0.316 e. The highest BCUT2D eigenvalue weighted by molar-refractivity contribution is 6.51. The summed E-state index contributed by atoms with van der Waals surface area (Å²) < 4.78 is 0. The van der Waals surface area contributed by atoms with Crippen molar-refractivity contribution in [3.8, 4) is 0 Å². The molecule has 2 aromatic carbocycles. The lowest BCUT2D eigenvalue weighted by Gasteiger charge is -2.15. The first-order chi connectivity index (χ1) is 12.5. The average Bonchev–Trinajstić information content (AvgIpc) is 2.94. The molecule has 1 aliphatic rings. The fourth-order valence-electron chi connectivity index (χ4n) is 2.41. The van der Waals surface area contributed by atoms with Crippen molar-refractivity contribution in [1.82, 2.24) is 5.43 Å². The molecule has 0 aromatic heterocycles. The van der Waals surface area contributed by atoms with Gasteiger partial charge in [-0.15, -0.1) is 0 Å². The van der Waals surface area contributed by atoms with Gasteiger partial charge in [-0.3, -0.25) is 20.4 Å². The predicted octanol–water partition coefficient (Wildman–Crippen LogP) is 2.50. The molecule has 0 spiro atoms. The van der Waals surface area contributed by atoms with E-state index in [0.29, 0.717) is 17.1 Å². The van der Waals surface area contributed by atoms with Crippen LogP contribution in [0, 0.1) is 0 Å². The lowest BCUT2D eigenvalue weighted by atomic mass is 10.2. The number of hydrazone groups is 1. The van der Waals surface area contributed by atoms with Crippen LogP contribution in [0.2, 0.25) is 0 Å². The highest BCUT2D eigenvalue weighted by Crippen LogP contribution is 2.20. The zero-order valence-electron chi connectivity index (χ0n) is 14.6. The zero-order valence-corrected chi connectivity index (χ0v) is 14.6. The van der Waals surface area contributed by atoms with E-state index in [0.717, 1.165) is 5.69 Å². The summed E-state index contributed by atoms with van der Waals surface area (Å²) in [5, 5.41) is 5.57. The number of carbonyl (C=O) groups excluding carboxylic acids is 2. The summed E-state index contributed by atoms with van der Waals surface area (Å²) in [6, 6.07) is 16.4. The molecule has 1 fully saturated rings. The van der Waals surface area contributed by atoms with Gasteiger partial charge in [-0.1, -0.05) is 24.8 Å². The first-order valence-corrected chi connectivity index (χ1v) is 8.01. The van der Waals surface area contributed by atoms with Crippen LogP contribution in [0.4, 0.5) is 17.1 Å². The molecule has 7 nitrogen and oxygen atoms in total. The van der Waals surface area contributed by atoms with Crippen molar-refractivity contribution in [2.45, 2.75) is 6.92 Å². The number of amides is 2. The first-order valence-electron chi connectivity index (χ1n) is 8.01. The summed E-state index contributed by atoms with van der Waals surface area (Å²) in [6.45, 7) is 5.34. The largest absolute Gasteiger partial charge is 0.316 e. The Morgan fingerprint density at radius 1 is 1.15 bits per heavy atom. The smallest absolute Gasteiger partial charge is 0.299 e. The number of rotatable bonds is 4. The summed E-state index contributed by atoms with van der Waals surface area (Å²) in [5.74, 6) is -0.340. The van der Waals surface area contributed by atoms with Crippen molar-refractivity contribution in [3.05, 3.63) is 66.9 Å². The molecular formula is C19H19N5O2. The SMILES string of the molecule is C=C1NN(c2ccccc2)C(=O)C1=NNc1ccc(N(C)C(C)=O)cc1. The van der Waals surface area contributed by atoms with E-state index in [2.05, 4.69) is 22.5 Å². The minimum absolute atomic E-state index is 0.0501. The second-order valence-electron chi connectivity index (χ2n) is 5.76. The van der Waals surface area contributed by atoms with Crippen LogP contribution in [0.3, 0.4) is 0 Å². The Kier molecular flexibility index (Phi) is 4.70. The van der Waals surface area contributed by atoms with Gasteiger partial charge in [0.1, 0.15) is 0 Å². The van der Waals surface area contributed by atoms with Crippen LogP contribution in [0.25, 0.3) is 0 Å². The Bertz CT molecular complexity index is 875. The third-order valence-corrected chi connectivity index (χ3v) is 3.98. The van der Waals surface area contributed by atoms with Gasteiger partial charge in [0.05, 0.1) is 17.1 Å². The molecule has 3 rings (SSSR count). The highest BCUT2D eigenvalue weighted by Gasteiger charge is 2.32. The number of hydrogen-bond acceptors (Lipinski definition) is 5. The van der Waals surface area contributed by atoms with Crippen LogP contribution in [-0.4, -0.2) is 24.6 Å².